The van der Waals surface area contributed by atoms with E-state index in [-0.39, 0.29) is 5.78 Å². The lowest BCUT2D eigenvalue weighted by Crippen LogP contribution is -2.26. The monoisotopic (exact) mass is 401 g/mol. The van der Waals surface area contributed by atoms with Crippen molar-refractivity contribution in [3.8, 4) is 0 Å². The minimum Gasteiger partial charge on any atom is -0.465 e. The summed E-state index contributed by atoms with van der Waals surface area (Å²) in [6.45, 7) is 10.3. The van der Waals surface area contributed by atoms with Gasteiger partial charge in [0.05, 0.1) is 6.61 Å². The molecule has 0 N–H and O–H groups in total. The molecule has 0 aliphatic rings. The Kier molecular flexibility index (Phi) is 9.75. The normalized spacial score (nSPS) is 11.4. The van der Waals surface area contributed by atoms with Crippen LogP contribution >= 0.6 is 9.12 Å². The molecule has 0 amide bonds. The van der Waals surface area contributed by atoms with Gasteiger partial charge in [-0.2, -0.15) is 0 Å². The van der Waals surface area contributed by atoms with Crippen LogP contribution in [0.2, 0.25) is 0 Å². The molecular weight excluding hydrogens is 371 g/mol. The number of hydrogen-bond donors (Lipinski definition) is 0. The summed E-state index contributed by atoms with van der Waals surface area (Å²) in [7, 11) is 1.17. The maximum atomic E-state index is 13.3. The number of esters is 1. The first-order valence-electron chi connectivity index (χ1n) is 9.38. The number of carbonyl (C=O) groups excluding carboxylic acids is 2. The lowest BCUT2D eigenvalue weighted by atomic mass is 9.86. The second-order valence-corrected chi connectivity index (χ2v) is 7.33. The molecule has 0 saturated carbocycles. The van der Waals surface area contributed by atoms with Crippen molar-refractivity contribution in [2.75, 3.05) is 6.61 Å². The van der Waals surface area contributed by atoms with Gasteiger partial charge in [0, 0.05) is 5.56 Å². The molecule has 0 radical (unpaired) electrons. The third-order valence-electron chi connectivity index (χ3n) is 4.49. The Bertz CT molecular complexity index is 776. The van der Waals surface area contributed by atoms with Crippen LogP contribution in [-0.4, -0.2) is 18.4 Å². The predicted octanol–water partition coefficient (Wildman–Crippen LogP) is 5.37. The van der Waals surface area contributed by atoms with Gasteiger partial charge in [-0.25, -0.2) is 0 Å². The molecule has 2 unspecified atom stereocenters. The molecule has 0 fully saturated rings. The summed E-state index contributed by atoms with van der Waals surface area (Å²) < 4.78 is 13.6. The second kappa shape index (κ2) is 11.5. The zero-order valence-electron chi connectivity index (χ0n) is 17.3. The fourth-order valence-corrected chi connectivity index (χ4v) is 3.23. The highest BCUT2D eigenvalue weighted by Gasteiger charge is 2.32. The van der Waals surface area contributed by atoms with Crippen molar-refractivity contribution in [2.45, 2.75) is 47.0 Å². The van der Waals surface area contributed by atoms with E-state index in [1.165, 1.54) is 9.12 Å². The number of rotatable bonds is 7. The van der Waals surface area contributed by atoms with Gasteiger partial charge in [-0.05, 0) is 49.8 Å². The Morgan fingerprint density at radius 1 is 0.964 bits per heavy atom. The van der Waals surface area contributed by atoms with Crippen LogP contribution in [0.5, 0.6) is 0 Å². The van der Waals surface area contributed by atoms with Gasteiger partial charge in [0.1, 0.15) is 5.92 Å². The zero-order chi connectivity index (χ0) is 21.3. The van der Waals surface area contributed by atoms with E-state index in [9.17, 15) is 9.59 Å². The van der Waals surface area contributed by atoms with Crippen molar-refractivity contribution >= 4 is 20.9 Å². The summed E-state index contributed by atoms with van der Waals surface area (Å²) in [6.07, 6.45) is 0.782. The molecule has 4 nitrogen and oxygen atoms in total. The first-order chi connectivity index (χ1) is 13.3. The zero-order valence-corrected chi connectivity index (χ0v) is 18.5. The molecule has 2 atom stereocenters. The summed E-state index contributed by atoms with van der Waals surface area (Å²) in [5.41, 5.74) is 4.18. The standard InChI is InChI=1S/C23H28O3.H2OP/c1-15(2)11-12-26-23(25)21(19-9-7-6-8-10-19)22(24)20-17(4)13-16(3)14-18(20)5;1-2/h6-10,13-15,21H,11-12H2,1-5H3;2H2/q;+1. The summed E-state index contributed by atoms with van der Waals surface area (Å²) in [5.74, 6) is -1.15. The molecule has 0 spiro atoms. The summed E-state index contributed by atoms with van der Waals surface area (Å²) in [5, 5.41) is 0. The van der Waals surface area contributed by atoms with Gasteiger partial charge in [-0.1, -0.05) is 66.4 Å². The van der Waals surface area contributed by atoms with E-state index in [1.807, 2.05) is 63.2 Å². The Labute approximate surface area is 169 Å². The lowest BCUT2D eigenvalue weighted by molar-refractivity contribution is -0.144. The second-order valence-electron chi connectivity index (χ2n) is 7.33. The van der Waals surface area contributed by atoms with E-state index in [4.69, 9.17) is 9.30 Å². The van der Waals surface area contributed by atoms with Crippen LogP contribution in [0.15, 0.2) is 42.5 Å². The maximum Gasteiger partial charge on any atom is 0.321 e. The first-order valence-corrected chi connectivity index (χ1v) is 9.85. The molecule has 0 heterocycles. The van der Waals surface area contributed by atoms with Gasteiger partial charge in [-0.3, -0.25) is 9.59 Å². The Balaban J connectivity index is 0.00000190. The fourth-order valence-electron chi connectivity index (χ4n) is 3.23. The Morgan fingerprint density at radius 3 is 2.00 bits per heavy atom. The molecule has 2 rings (SSSR count). The number of hydrogen-bond acceptors (Lipinski definition) is 4. The van der Waals surface area contributed by atoms with Crippen molar-refractivity contribution in [1.29, 1.82) is 0 Å². The predicted molar refractivity (Wildman–Crippen MR) is 115 cm³/mol. The number of Topliss-reactive ketones (excluding diaryl/α,β-unsaturated/α-hetero) is 1. The number of ether oxygens (including phenoxy) is 1. The van der Waals surface area contributed by atoms with Crippen molar-refractivity contribution in [1.82, 2.24) is 0 Å². The van der Waals surface area contributed by atoms with E-state index in [1.54, 1.807) is 0 Å². The van der Waals surface area contributed by atoms with Gasteiger partial charge in [0.25, 0.3) is 0 Å². The third kappa shape index (κ3) is 6.38. The molecule has 150 valence electrons. The number of aryl methyl sites for hydroxylation is 3. The van der Waals surface area contributed by atoms with Crippen LogP contribution in [0.1, 0.15) is 58.8 Å². The summed E-state index contributed by atoms with van der Waals surface area (Å²) >= 11 is 0. The maximum absolute atomic E-state index is 13.3. The average molecular weight is 401 g/mol. The minimum absolute atomic E-state index is 0.194. The Morgan fingerprint density at radius 2 is 1.50 bits per heavy atom. The minimum atomic E-state index is -0.927. The number of ketones is 1. The molecule has 2 aromatic carbocycles. The quantitative estimate of drug-likeness (QED) is 0.271. The molecule has 0 aromatic heterocycles. The van der Waals surface area contributed by atoms with E-state index in [2.05, 4.69) is 13.8 Å². The van der Waals surface area contributed by atoms with Gasteiger partial charge < -0.3 is 4.74 Å². The van der Waals surface area contributed by atoms with Crippen molar-refractivity contribution in [2.24, 2.45) is 5.92 Å². The van der Waals surface area contributed by atoms with Crippen LogP contribution in [0, 0.1) is 26.7 Å². The van der Waals surface area contributed by atoms with Crippen LogP contribution in [-0.2, 0) is 14.1 Å². The van der Waals surface area contributed by atoms with Gasteiger partial charge in [-0.15, -0.1) is 0 Å². The summed E-state index contributed by atoms with van der Waals surface area (Å²) in [6, 6.07) is 13.1. The fraction of sp³-hybridized carbons (Fsp3) is 0.391. The molecule has 0 saturated heterocycles. The van der Waals surface area contributed by atoms with Gasteiger partial charge in [0.15, 0.2) is 5.78 Å². The lowest BCUT2D eigenvalue weighted by Gasteiger charge is -2.19. The van der Waals surface area contributed by atoms with Crippen molar-refractivity contribution < 1.29 is 18.9 Å². The molecular formula is C23H30O4P+. The van der Waals surface area contributed by atoms with E-state index >= 15 is 0 Å². The largest absolute Gasteiger partial charge is 0.465 e. The number of carbonyl (C=O) groups is 2. The molecule has 2 aromatic rings. The van der Waals surface area contributed by atoms with E-state index in [0.29, 0.717) is 23.7 Å². The van der Waals surface area contributed by atoms with Crippen LogP contribution in [0.25, 0.3) is 0 Å². The topological polar surface area (TPSA) is 60.4 Å². The molecule has 0 aliphatic carbocycles. The van der Waals surface area contributed by atoms with E-state index in [0.717, 1.165) is 23.1 Å². The van der Waals surface area contributed by atoms with Gasteiger partial charge >= 0.3 is 15.1 Å². The SMILES string of the molecule is Cc1cc(C)c(C(=O)C(C(=O)OCCC(C)C)c2ccccc2)c(C)c1.O=[PH2+]. The van der Waals surface area contributed by atoms with Gasteiger partial charge in [0.2, 0.25) is 0 Å². The third-order valence-corrected chi connectivity index (χ3v) is 4.49. The number of benzene rings is 2. The molecule has 28 heavy (non-hydrogen) atoms. The van der Waals surface area contributed by atoms with Crippen LogP contribution in [0.4, 0.5) is 0 Å². The average Bonchev–Trinajstić information content (AvgIpc) is 2.63. The molecule has 5 heteroatoms. The highest BCUT2D eigenvalue weighted by molar-refractivity contribution is 7.00. The van der Waals surface area contributed by atoms with Crippen molar-refractivity contribution in [3.05, 3.63) is 70.3 Å². The highest BCUT2D eigenvalue weighted by Crippen LogP contribution is 2.27. The first kappa shape index (κ1) is 23.7. The van der Waals surface area contributed by atoms with E-state index < -0.39 is 11.9 Å². The molecule has 0 aliphatic heterocycles. The molecule has 0 bridgehead atoms. The van der Waals surface area contributed by atoms with Crippen molar-refractivity contribution in [3.63, 3.8) is 0 Å². The van der Waals surface area contributed by atoms with Crippen LogP contribution < -0.4 is 0 Å². The van der Waals surface area contributed by atoms with Crippen LogP contribution in [0.3, 0.4) is 0 Å². The summed E-state index contributed by atoms with van der Waals surface area (Å²) in [4.78, 5) is 26.1. The Hall–Kier alpha value is -2.32. The highest BCUT2D eigenvalue weighted by atomic mass is 31.0. The smallest absolute Gasteiger partial charge is 0.321 e.